The second-order valence-electron chi connectivity index (χ2n) is 5.69. The van der Waals surface area contributed by atoms with Crippen LogP contribution in [-0.2, 0) is 0 Å². The van der Waals surface area contributed by atoms with Crippen LogP contribution in [0.1, 0.15) is 28.8 Å². The van der Waals surface area contributed by atoms with Crippen LogP contribution in [0, 0.1) is 11.3 Å². The van der Waals surface area contributed by atoms with Gasteiger partial charge in [0.15, 0.2) is 0 Å². The first-order chi connectivity index (χ1) is 10.2. The molecule has 3 rings (SSSR count). The summed E-state index contributed by atoms with van der Waals surface area (Å²) in [7, 11) is 0. The topological polar surface area (TPSA) is 47.3 Å². The molecule has 2 saturated heterocycles. The standard InChI is InChI=1S/C17H19N3O/c1-2-8-19-9-6-16-15(19)7-10-20(16)17(21)14-5-3-4-13(11-14)12-18/h2-5,11,15-16H,1,6-10H2/t15-,16+/m0/s1. The second kappa shape index (κ2) is 5.71. The normalized spacial score (nSPS) is 24.6. The Labute approximate surface area is 125 Å². The number of likely N-dealkylation sites (tertiary alicyclic amines) is 2. The van der Waals surface area contributed by atoms with Crippen LogP contribution >= 0.6 is 0 Å². The largest absolute Gasteiger partial charge is 0.334 e. The van der Waals surface area contributed by atoms with Crippen molar-refractivity contribution >= 4 is 5.91 Å². The number of amides is 1. The Hall–Kier alpha value is -2.12. The summed E-state index contributed by atoms with van der Waals surface area (Å²) in [6.45, 7) is 6.54. The molecule has 2 heterocycles. The van der Waals surface area contributed by atoms with E-state index in [2.05, 4.69) is 17.5 Å². The van der Waals surface area contributed by atoms with Crippen molar-refractivity contribution in [2.45, 2.75) is 24.9 Å². The summed E-state index contributed by atoms with van der Waals surface area (Å²) < 4.78 is 0. The predicted molar refractivity (Wildman–Crippen MR) is 80.8 cm³/mol. The van der Waals surface area contributed by atoms with Crippen molar-refractivity contribution in [3.05, 3.63) is 48.0 Å². The van der Waals surface area contributed by atoms with Crippen LogP contribution in [0.25, 0.3) is 0 Å². The van der Waals surface area contributed by atoms with Gasteiger partial charge in [0.1, 0.15) is 0 Å². The molecule has 0 N–H and O–H groups in total. The highest BCUT2D eigenvalue weighted by atomic mass is 16.2. The number of fused-ring (bicyclic) bond motifs is 1. The van der Waals surface area contributed by atoms with Crippen LogP contribution in [0.15, 0.2) is 36.9 Å². The van der Waals surface area contributed by atoms with Gasteiger partial charge < -0.3 is 4.90 Å². The van der Waals surface area contributed by atoms with E-state index < -0.39 is 0 Å². The summed E-state index contributed by atoms with van der Waals surface area (Å²) in [5, 5.41) is 8.96. The molecular weight excluding hydrogens is 262 g/mol. The third-order valence-electron chi connectivity index (χ3n) is 4.55. The van der Waals surface area contributed by atoms with E-state index in [1.807, 2.05) is 11.0 Å². The Morgan fingerprint density at radius 1 is 1.38 bits per heavy atom. The summed E-state index contributed by atoms with van der Waals surface area (Å²) in [6.07, 6.45) is 3.99. The van der Waals surface area contributed by atoms with E-state index in [9.17, 15) is 4.79 Å². The molecule has 2 fully saturated rings. The van der Waals surface area contributed by atoms with E-state index in [1.54, 1.807) is 24.3 Å². The van der Waals surface area contributed by atoms with Gasteiger partial charge in [-0.1, -0.05) is 12.1 Å². The molecule has 2 aliphatic heterocycles. The van der Waals surface area contributed by atoms with Gasteiger partial charge in [-0.15, -0.1) is 6.58 Å². The molecule has 0 radical (unpaired) electrons. The van der Waals surface area contributed by atoms with Gasteiger partial charge in [0, 0.05) is 37.3 Å². The molecule has 0 unspecified atom stereocenters. The molecule has 0 aliphatic carbocycles. The van der Waals surface area contributed by atoms with Crippen LogP contribution in [0.2, 0.25) is 0 Å². The maximum Gasteiger partial charge on any atom is 0.254 e. The molecule has 0 spiro atoms. The lowest BCUT2D eigenvalue weighted by Crippen LogP contribution is -2.39. The summed E-state index contributed by atoms with van der Waals surface area (Å²) >= 11 is 0. The van der Waals surface area contributed by atoms with Crippen LogP contribution in [0.4, 0.5) is 0 Å². The van der Waals surface area contributed by atoms with Crippen molar-refractivity contribution in [3.63, 3.8) is 0 Å². The van der Waals surface area contributed by atoms with Crippen LogP contribution < -0.4 is 0 Å². The third kappa shape index (κ3) is 2.45. The van der Waals surface area contributed by atoms with E-state index in [4.69, 9.17) is 5.26 Å². The first-order valence-corrected chi connectivity index (χ1v) is 7.40. The molecule has 108 valence electrons. The Morgan fingerprint density at radius 2 is 2.19 bits per heavy atom. The van der Waals surface area contributed by atoms with E-state index >= 15 is 0 Å². The number of carbonyl (C=O) groups excluding carboxylic acids is 1. The molecule has 2 atom stereocenters. The number of hydrogen-bond acceptors (Lipinski definition) is 3. The maximum atomic E-state index is 12.7. The minimum atomic E-state index is 0.0556. The van der Waals surface area contributed by atoms with Crippen LogP contribution in [-0.4, -0.2) is 47.4 Å². The van der Waals surface area contributed by atoms with Gasteiger partial charge in [0.2, 0.25) is 0 Å². The van der Waals surface area contributed by atoms with Gasteiger partial charge >= 0.3 is 0 Å². The minimum Gasteiger partial charge on any atom is -0.334 e. The van der Waals surface area contributed by atoms with E-state index in [-0.39, 0.29) is 5.91 Å². The number of benzene rings is 1. The lowest BCUT2D eigenvalue weighted by molar-refractivity contribution is 0.0733. The summed E-state index contributed by atoms with van der Waals surface area (Å²) in [6, 6.07) is 9.85. The van der Waals surface area contributed by atoms with Crippen molar-refractivity contribution in [2.75, 3.05) is 19.6 Å². The monoisotopic (exact) mass is 281 g/mol. The number of nitrogens with zero attached hydrogens (tertiary/aromatic N) is 3. The molecule has 4 heteroatoms. The lowest BCUT2D eigenvalue weighted by atomic mass is 10.1. The molecular formula is C17H19N3O. The van der Waals surface area contributed by atoms with Crippen LogP contribution in [0.3, 0.4) is 0 Å². The van der Waals surface area contributed by atoms with Gasteiger partial charge in [-0.25, -0.2) is 0 Å². The number of hydrogen-bond donors (Lipinski definition) is 0. The number of nitriles is 1. The fraction of sp³-hybridized carbons (Fsp3) is 0.412. The SMILES string of the molecule is C=CCN1CC[C@@H]2[C@@H]1CCN2C(=O)c1cccc(C#N)c1. The average molecular weight is 281 g/mol. The minimum absolute atomic E-state index is 0.0556. The molecule has 0 aromatic heterocycles. The molecule has 1 amide bonds. The summed E-state index contributed by atoms with van der Waals surface area (Å²) in [5.41, 5.74) is 1.16. The molecule has 0 bridgehead atoms. The van der Waals surface area contributed by atoms with Crippen molar-refractivity contribution in [2.24, 2.45) is 0 Å². The molecule has 0 saturated carbocycles. The van der Waals surface area contributed by atoms with Gasteiger partial charge in [0.05, 0.1) is 11.6 Å². The lowest BCUT2D eigenvalue weighted by Gasteiger charge is -2.25. The highest BCUT2D eigenvalue weighted by Gasteiger charge is 2.43. The Morgan fingerprint density at radius 3 is 2.95 bits per heavy atom. The molecule has 21 heavy (non-hydrogen) atoms. The smallest absolute Gasteiger partial charge is 0.254 e. The highest BCUT2D eigenvalue weighted by Crippen LogP contribution is 2.32. The maximum absolute atomic E-state index is 12.7. The highest BCUT2D eigenvalue weighted by molar-refractivity contribution is 5.95. The Bertz CT molecular complexity index is 604. The van der Waals surface area contributed by atoms with Gasteiger partial charge in [-0.05, 0) is 31.0 Å². The number of carbonyl (C=O) groups is 1. The fourth-order valence-electron chi connectivity index (χ4n) is 3.61. The van der Waals surface area contributed by atoms with Crippen molar-refractivity contribution in [1.29, 1.82) is 5.26 Å². The van der Waals surface area contributed by atoms with Crippen molar-refractivity contribution in [1.82, 2.24) is 9.80 Å². The Balaban J connectivity index is 1.77. The third-order valence-corrected chi connectivity index (χ3v) is 4.55. The summed E-state index contributed by atoms with van der Waals surface area (Å²) in [4.78, 5) is 17.1. The first kappa shape index (κ1) is 13.8. The number of rotatable bonds is 3. The summed E-state index contributed by atoms with van der Waals surface area (Å²) in [5.74, 6) is 0.0556. The Kier molecular flexibility index (Phi) is 3.76. The predicted octanol–water partition coefficient (Wildman–Crippen LogP) is 2.03. The molecule has 4 nitrogen and oxygen atoms in total. The van der Waals surface area contributed by atoms with Crippen LogP contribution in [0.5, 0.6) is 0 Å². The zero-order valence-electron chi connectivity index (χ0n) is 12.0. The van der Waals surface area contributed by atoms with Gasteiger partial charge in [0.25, 0.3) is 5.91 Å². The van der Waals surface area contributed by atoms with E-state index in [0.717, 1.165) is 32.5 Å². The van der Waals surface area contributed by atoms with Crippen molar-refractivity contribution in [3.8, 4) is 6.07 Å². The molecule has 2 aliphatic rings. The van der Waals surface area contributed by atoms with E-state index in [1.165, 1.54) is 0 Å². The van der Waals surface area contributed by atoms with Gasteiger partial charge in [-0.3, -0.25) is 9.69 Å². The second-order valence-corrected chi connectivity index (χ2v) is 5.69. The van der Waals surface area contributed by atoms with Crippen molar-refractivity contribution < 1.29 is 4.79 Å². The zero-order chi connectivity index (χ0) is 14.8. The first-order valence-electron chi connectivity index (χ1n) is 7.40. The molecule has 1 aromatic rings. The van der Waals surface area contributed by atoms with E-state index in [0.29, 0.717) is 23.2 Å². The van der Waals surface area contributed by atoms with Gasteiger partial charge in [-0.2, -0.15) is 5.26 Å². The average Bonchev–Trinajstić information content (AvgIpc) is 3.10. The quantitative estimate of drug-likeness (QED) is 0.797. The zero-order valence-corrected chi connectivity index (χ0v) is 12.0. The molecule has 1 aromatic carbocycles. The fourth-order valence-corrected chi connectivity index (χ4v) is 3.61.